The largest absolute Gasteiger partial charge is 0.341 e. The van der Waals surface area contributed by atoms with Crippen LogP contribution in [0.15, 0.2) is 53.7 Å². The Labute approximate surface area is 126 Å². The number of thioether (sulfide) groups is 1. The fraction of sp³-hybridized carbons (Fsp3) is 0.125. The lowest BCUT2D eigenvalue weighted by Crippen LogP contribution is -1.91. The van der Waals surface area contributed by atoms with Gasteiger partial charge in [0.15, 0.2) is 5.16 Å². The first-order valence-electron chi connectivity index (χ1n) is 6.85. The molecule has 4 nitrogen and oxygen atoms in total. The predicted octanol–water partition coefficient (Wildman–Crippen LogP) is 4.29. The second-order valence-electron chi connectivity index (χ2n) is 4.96. The maximum absolute atomic E-state index is 4.64. The van der Waals surface area contributed by atoms with Crippen molar-refractivity contribution in [3.8, 4) is 0 Å². The van der Waals surface area contributed by atoms with Crippen molar-refractivity contribution in [2.24, 2.45) is 0 Å². The summed E-state index contributed by atoms with van der Waals surface area (Å²) in [6, 6.07) is 16.2. The molecule has 4 rings (SSSR count). The summed E-state index contributed by atoms with van der Waals surface area (Å²) in [7, 11) is 0. The lowest BCUT2D eigenvalue weighted by atomic mass is 10.3. The van der Waals surface area contributed by atoms with E-state index in [-0.39, 0.29) is 5.25 Å². The molecule has 0 spiro atoms. The molecule has 0 saturated heterocycles. The summed E-state index contributed by atoms with van der Waals surface area (Å²) in [4.78, 5) is 16.0. The van der Waals surface area contributed by atoms with Crippen molar-refractivity contribution >= 4 is 33.8 Å². The van der Waals surface area contributed by atoms with E-state index >= 15 is 0 Å². The monoisotopic (exact) mass is 294 g/mol. The van der Waals surface area contributed by atoms with Gasteiger partial charge >= 0.3 is 0 Å². The number of nitrogens with zero attached hydrogens (tertiary/aromatic N) is 2. The summed E-state index contributed by atoms with van der Waals surface area (Å²) >= 11 is 1.68. The molecule has 0 saturated carbocycles. The smallest absolute Gasteiger partial charge is 0.167 e. The van der Waals surface area contributed by atoms with E-state index in [1.54, 1.807) is 11.8 Å². The zero-order chi connectivity index (χ0) is 14.2. The van der Waals surface area contributed by atoms with E-state index < -0.39 is 0 Å². The first-order valence-corrected chi connectivity index (χ1v) is 7.73. The van der Waals surface area contributed by atoms with Crippen molar-refractivity contribution < 1.29 is 0 Å². The van der Waals surface area contributed by atoms with Gasteiger partial charge in [0.2, 0.25) is 0 Å². The Morgan fingerprint density at radius 1 is 0.857 bits per heavy atom. The van der Waals surface area contributed by atoms with Crippen LogP contribution in [0.2, 0.25) is 0 Å². The quantitative estimate of drug-likeness (QED) is 0.554. The van der Waals surface area contributed by atoms with Crippen LogP contribution in [0.5, 0.6) is 0 Å². The Hall–Kier alpha value is -2.27. The minimum absolute atomic E-state index is 0.206. The second-order valence-corrected chi connectivity index (χ2v) is 6.29. The highest BCUT2D eigenvalue weighted by molar-refractivity contribution is 7.99. The van der Waals surface area contributed by atoms with Crippen LogP contribution < -0.4 is 0 Å². The molecule has 0 radical (unpaired) electrons. The summed E-state index contributed by atoms with van der Waals surface area (Å²) in [5.41, 5.74) is 4.14. The highest BCUT2D eigenvalue weighted by Gasteiger charge is 2.14. The minimum atomic E-state index is 0.206. The van der Waals surface area contributed by atoms with Crippen molar-refractivity contribution in [3.05, 3.63) is 54.4 Å². The van der Waals surface area contributed by atoms with E-state index in [0.29, 0.717) is 0 Å². The Morgan fingerprint density at radius 3 is 2.14 bits per heavy atom. The van der Waals surface area contributed by atoms with E-state index in [1.165, 1.54) is 0 Å². The molecule has 2 aromatic carbocycles. The first kappa shape index (κ1) is 12.5. The molecule has 0 fully saturated rings. The molecule has 0 bridgehead atoms. The molecule has 0 amide bonds. The molecular formula is C16H14N4S. The maximum Gasteiger partial charge on any atom is 0.167 e. The highest BCUT2D eigenvalue weighted by Crippen LogP contribution is 2.33. The van der Waals surface area contributed by atoms with Crippen LogP contribution in [-0.2, 0) is 0 Å². The van der Waals surface area contributed by atoms with E-state index in [9.17, 15) is 0 Å². The van der Waals surface area contributed by atoms with E-state index in [0.717, 1.165) is 33.0 Å². The summed E-state index contributed by atoms with van der Waals surface area (Å²) in [6.45, 7) is 2.13. The summed E-state index contributed by atoms with van der Waals surface area (Å²) in [5.74, 6) is 0.974. The topological polar surface area (TPSA) is 57.4 Å². The Morgan fingerprint density at radius 2 is 1.48 bits per heavy atom. The predicted molar refractivity (Wildman–Crippen MR) is 86.5 cm³/mol. The number of aromatic amines is 2. The average Bonchev–Trinajstić information content (AvgIpc) is 3.10. The van der Waals surface area contributed by atoms with Crippen molar-refractivity contribution in [3.63, 3.8) is 0 Å². The van der Waals surface area contributed by atoms with Crippen LogP contribution >= 0.6 is 11.8 Å². The molecular weight excluding hydrogens is 280 g/mol. The molecule has 0 unspecified atom stereocenters. The third-order valence-electron chi connectivity index (χ3n) is 3.45. The van der Waals surface area contributed by atoms with Crippen LogP contribution in [0.4, 0.5) is 0 Å². The molecule has 5 heteroatoms. The number of aromatic nitrogens is 4. The molecule has 0 aliphatic heterocycles. The van der Waals surface area contributed by atoms with Crippen molar-refractivity contribution in [2.45, 2.75) is 17.3 Å². The normalized spacial score (nSPS) is 13.0. The average molecular weight is 294 g/mol. The summed E-state index contributed by atoms with van der Waals surface area (Å²) in [5, 5.41) is 1.13. The van der Waals surface area contributed by atoms with Crippen LogP contribution in [0.25, 0.3) is 22.1 Å². The maximum atomic E-state index is 4.64. The fourth-order valence-electron chi connectivity index (χ4n) is 2.37. The van der Waals surface area contributed by atoms with Gasteiger partial charge in [0.25, 0.3) is 0 Å². The molecule has 1 atom stereocenters. The van der Waals surface area contributed by atoms with Gasteiger partial charge in [-0.3, -0.25) is 0 Å². The molecule has 0 aliphatic rings. The van der Waals surface area contributed by atoms with Gasteiger partial charge in [0.05, 0.1) is 27.3 Å². The summed E-state index contributed by atoms with van der Waals surface area (Å²) < 4.78 is 0. The number of hydrogen-bond acceptors (Lipinski definition) is 3. The molecule has 0 aliphatic carbocycles. The van der Waals surface area contributed by atoms with Crippen LogP contribution in [-0.4, -0.2) is 19.9 Å². The van der Waals surface area contributed by atoms with Crippen molar-refractivity contribution in [2.75, 3.05) is 0 Å². The SMILES string of the molecule is C[C@@H](Sc1nc2ccccc2[nH]1)c1nc2ccccc2[nH]1. The Kier molecular flexibility index (Phi) is 2.93. The van der Waals surface area contributed by atoms with Crippen molar-refractivity contribution in [1.82, 2.24) is 19.9 Å². The third-order valence-corrected chi connectivity index (χ3v) is 4.44. The summed E-state index contributed by atoms with van der Waals surface area (Å²) in [6.07, 6.45) is 0. The zero-order valence-electron chi connectivity index (χ0n) is 11.5. The van der Waals surface area contributed by atoms with Crippen LogP contribution in [0.1, 0.15) is 18.0 Å². The van der Waals surface area contributed by atoms with E-state index in [4.69, 9.17) is 0 Å². The first-order chi connectivity index (χ1) is 10.3. The van der Waals surface area contributed by atoms with Gasteiger partial charge in [0, 0.05) is 0 Å². The molecule has 2 aromatic heterocycles. The molecule has 104 valence electrons. The zero-order valence-corrected chi connectivity index (χ0v) is 12.3. The van der Waals surface area contributed by atoms with E-state index in [2.05, 4.69) is 26.9 Å². The van der Waals surface area contributed by atoms with Gasteiger partial charge in [0.1, 0.15) is 5.82 Å². The highest BCUT2D eigenvalue weighted by atomic mass is 32.2. The number of benzene rings is 2. The Bertz CT molecular complexity index is 843. The molecule has 2 heterocycles. The third kappa shape index (κ3) is 2.29. The standard InChI is InChI=1S/C16H14N4S/c1-10(15-17-11-6-2-3-7-12(11)18-15)21-16-19-13-8-4-5-9-14(13)20-16/h2-10H,1H3,(H,17,18)(H,19,20)/t10-/m1/s1. The van der Waals surface area contributed by atoms with Crippen LogP contribution in [0, 0.1) is 0 Å². The molecule has 21 heavy (non-hydrogen) atoms. The number of hydrogen-bond donors (Lipinski definition) is 2. The number of H-pyrrole nitrogens is 2. The molecule has 2 N–H and O–H groups in total. The number of fused-ring (bicyclic) bond motifs is 2. The molecule has 4 aromatic rings. The van der Waals surface area contributed by atoms with E-state index in [1.807, 2.05) is 48.5 Å². The number of imidazole rings is 2. The number of nitrogens with one attached hydrogen (secondary N) is 2. The fourth-order valence-corrected chi connectivity index (χ4v) is 3.25. The second kappa shape index (κ2) is 4.93. The number of para-hydroxylation sites is 4. The minimum Gasteiger partial charge on any atom is -0.341 e. The van der Waals surface area contributed by atoms with Gasteiger partial charge in [-0.25, -0.2) is 9.97 Å². The van der Waals surface area contributed by atoms with Crippen LogP contribution in [0.3, 0.4) is 0 Å². The van der Waals surface area contributed by atoms with Gasteiger partial charge in [-0.2, -0.15) is 0 Å². The van der Waals surface area contributed by atoms with Crippen molar-refractivity contribution in [1.29, 1.82) is 0 Å². The van der Waals surface area contributed by atoms with Gasteiger partial charge in [-0.05, 0) is 31.2 Å². The lowest BCUT2D eigenvalue weighted by Gasteiger charge is -2.04. The number of rotatable bonds is 3. The lowest BCUT2D eigenvalue weighted by molar-refractivity contribution is 0.956. The Balaban J connectivity index is 1.63. The van der Waals surface area contributed by atoms with Gasteiger partial charge in [-0.15, -0.1) is 0 Å². The van der Waals surface area contributed by atoms with Gasteiger partial charge < -0.3 is 9.97 Å². The van der Waals surface area contributed by atoms with Gasteiger partial charge in [-0.1, -0.05) is 36.0 Å².